The van der Waals surface area contributed by atoms with E-state index in [4.69, 9.17) is 0 Å². The van der Waals surface area contributed by atoms with Crippen molar-refractivity contribution in [3.63, 3.8) is 0 Å². The second-order valence-electron chi connectivity index (χ2n) is 7.58. The number of thioether (sulfide) groups is 1. The number of nitrogens with zero attached hydrogens (tertiary/aromatic N) is 3. The van der Waals surface area contributed by atoms with Gasteiger partial charge in [-0.2, -0.15) is 18.3 Å². The molecule has 0 aliphatic carbocycles. The molecule has 2 heterocycles. The summed E-state index contributed by atoms with van der Waals surface area (Å²) < 4.78 is 68.3. The van der Waals surface area contributed by atoms with Gasteiger partial charge in [0.2, 0.25) is 5.13 Å². The lowest BCUT2D eigenvalue weighted by Crippen LogP contribution is -2.04. The molecular weight excluding hydrogens is 477 g/mol. The van der Waals surface area contributed by atoms with Gasteiger partial charge < -0.3 is 0 Å². The molecule has 0 bridgehead atoms. The Morgan fingerprint density at radius 2 is 1.64 bits per heavy atom. The molecule has 0 unspecified atom stereocenters. The van der Waals surface area contributed by atoms with E-state index in [9.17, 15) is 22.0 Å². The molecule has 0 atom stereocenters. The van der Waals surface area contributed by atoms with Gasteiger partial charge in [0.25, 0.3) is 0 Å². The van der Waals surface area contributed by atoms with Gasteiger partial charge >= 0.3 is 6.18 Å². The number of aromatic nitrogens is 3. The zero-order valence-corrected chi connectivity index (χ0v) is 19.4. The molecule has 0 saturated carbocycles. The van der Waals surface area contributed by atoms with Gasteiger partial charge in [-0.3, -0.25) is 0 Å². The topological polar surface area (TPSA) is 30.7 Å². The van der Waals surface area contributed by atoms with Crippen molar-refractivity contribution in [2.24, 2.45) is 0 Å². The van der Waals surface area contributed by atoms with Crippen molar-refractivity contribution < 1.29 is 22.0 Å². The highest BCUT2D eigenvalue weighted by Gasteiger charge is 2.30. The summed E-state index contributed by atoms with van der Waals surface area (Å²) in [5.41, 5.74) is 2.12. The zero-order chi connectivity index (χ0) is 23.9. The molecule has 0 radical (unpaired) electrons. The highest BCUT2D eigenvalue weighted by molar-refractivity contribution is 8.01. The average Bonchev–Trinajstić information content (AvgIpc) is 3.33. The molecule has 0 aliphatic rings. The predicted octanol–water partition coefficient (Wildman–Crippen LogP) is 7.77. The smallest absolute Gasteiger partial charge is 0.217 e. The van der Waals surface area contributed by atoms with Gasteiger partial charge in [-0.15, -0.1) is 11.8 Å². The fraction of sp³-hybridized carbons (Fsp3) is 0.217. The lowest BCUT2D eigenvalue weighted by Gasteiger charge is -2.08. The molecule has 33 heavy (non-hydrogen) atoms. The standard InChI is InChI=1S/C23H18F5N3S2/c1-12(2)32-21-20(14-4-7-16(8-5-14)23(26,27)28)29-22(33-21)31-11-17(13(3)30-31)15-6-9-18(24)19(25)10-15/h4-12H,1-3H3. The van der Waals surface area contributed by atoms with Gasteiger partial charge in [0.1, 0.15) is 0 Å². The largest absolute Gasteiger partial charge is 0.416 e. The van der Waals surface area contributed by atoms with Gasteiger partial charge in [-0.1, -0.05) is 43.4 Å². The lowest BCUT2D eigenvalue weighted by molar-refractivity contribution is -0.137. The van der Waals surface area contributed by atoms with Gasteiger partial charge in [-0.25, -0.2) is 18.4 Å². The molecule has 2 aromatic carbocycles. The number of hydrogen-bond donors (Lipinski definition) is 0. The normalized spacial score (nSPS) is 12.0. The van der Waals surface area contributed by atoms with Gasteiger partial charge in [0, 0.05) is 22.6 Å². The van der Waals surface area contributed by atoms with Crippen LogP contribution in [0.4, 0.5) is 22.0 Å². The van der Waals surface area contributed by atoms with Crippen LogP contribution in [0.2, 0.25) is 0 Å². The van der Waals surface area contributed by atoms with Crippen LogP contribution in [-0.2, 0) is 6.18 Å². The number of halogens is 5. The van der Waals surface area contributed by atoms with E-state index in [1.807, 2.05) is 13.8 Å². The number of thiazole rings is 1. The van der Waals surface area contributed by atoms with Crippen molar-refractivity contribution in [3.8, 4) is 27.5 Å². The predicted molar refractivity (Wildman–Crippen MR) is 121 cm³/mol. The first-order valence-electron chi connectivity index (χ1n) is 9.90. The molecule has 4 aromatic rings. The van der Waals surface area contributed by atoms with Crippen molar-refractivity contribution in [2.75, 3.05) is 0 Å². The van der Waals surface area contributed by atoms with Crippen LogP contribution in [0.25, 0.3) is 27.5 Å². The highest BCUT2D eigenvalue weighted by atomic mass is 32.2. The summed E-state index contributed by atoms with van der Waals surface area (Å²) in [7, 11) is 0. The SMILES string of the molecule is Cc1nn(-c2nc(-c3ccc(C(F)(F)F)cc3)c(SC(C)C)s2)cc1-c1ccc(F)c(F)c1. The third-order valence-electron chi connectivity index (χ3n) is 4.74. The fourth-order valence-electron chi connectivity index (χ4n) is 3.19. The molecule has 0 aliphatic heterocycles. The second kappa shape index (κ2) is 8.90. The number of benzene rings is 2. The van der Waals surface area contributed by atoms with Crippen LogP contribution < -0.4 is 0 Å². The van der Waals surface area contributed by atoms with Gasteiger partial charge in [0.05, 0.1) is 21.2 Å². The first-order chi connectivity index (χ1) is 15.5. The van der Waals surface area contributed by atoms with Crippen molar-refractivity contribution in [3.05, 3.63) is 71.6 Å². The Bertz CT molecular complexity index is 1290. The Labute approximate surface area is 195 Å². The maximum Gasteiger partial charge on any atom is 0.416 e. The first kappa shape index (κ1) is 23.4. The Morgan fingerprint density at radius 3 is 2.24 bits per heavy atom. The molecule has 3 nitrogen and oxygen atoms in total. The molecule has 2 aromatic heterocycles. The maximum atomic E-state index is 13.7. The molecule has 0 spiro atoms. The number of alkyl halides is 3. The van der Waals surface area contributed by atoms with E-state index in [1.165, 1.54) is 29.5 Å². The molecule has 0 fully saturated rings. The van der Waals surface area contributed by atoms with Crippen molar-refractivity contribution in [1.82, 2.24) is 14.8 Å². The summed E-state index contributed by atoms with van der Waals surface area (Å²) in [5.74, 6) is -1.88. The minimum Gasteiger partial charge on any atom is -0.217 e. The Hall–Kier alpha value is -2.72. The maximum absolute atomic E-state index is 13.7. The molecule has 10 heteroatoms. The zero-order valence-electron chi connectivity index (χ0n) is 17.7. The van der Waals surface area contributed by atoms with E-state index in [1.54, 1.807) is 29.6 Å². The molecular formula is C23H18F5N3S2. The lowest BCUT2D eigenvalue weighted by atomic mass is 10.1. The minimum atomic E-state index is -4.41. The number of rotatable bonds is 5. The second-order valence-corrected chi connectivity index (χ2v) is 10.4. The third kappa shape index (κ3) is 4.96. The summed E-state index contributed by atoms with van der Waals surface area (Å²) in [5, 5.41) is 5.22. The molecule has 4 rings (SSSR count). The minimum absolute atomic E-state index is 0.226. The third-order valence-corrected chi connectivity index (χ3v) is 7.00. The summed E-state index contributed by atoms with van der Waals surface area (Å²) >= 11 is 2.92. The van der Waals surface area contributed by atoms with E-state index >= 15 is 0 Å². The van der Waals surface area contributed by atoms with Crippen molar-refractivity contribution in [1.29, 1.82) is 0 Å². The summed E-state index contributed by atoms with van der Waals surface area (Å²) in [6.07, 6.45) is -2.73. The quantitative estimate of drug-likeness (QED) is 0.209. The van der Waals surface area contributed by atoms with E-state index in [2.05, 4.69) is 10.1 Å². The molecule has 0 N–H and O–H groups in total. The highest BCUT2D eigenvalue weighted by Crippen LogP contribution is 2.40. The van der Waals surface area contributed by atoms with Crippen LogP contribution in [-0.4, -0.2) is 20.0 Å². The van der Waals surface area contributed by atoms with Gasteiger partial charge in [0.15, 0.2) is 11.6 Å². The fourth-order valence-corrected chi connectivity index (χ4v) is 5.64. The molecule has 0 amide bonds. The number of hydrogen-bond acceptors (Lipinski definition) is 4. The summed E-state index contributed by atoms with van der Waals surface area (Å²) in [6, 6.07) is 8.54. The van der Waals surface area contributed by atoms with Crippen LogP contribution in [0.15, 0.2) is 52.9 Å². The van der Waals surface area contributed by atoms with Crippen LogP contribution in [0, 0.1) is 18.6 Å². The molecule has 172 valence electrons. The Morgan fingerprint density at radius 1 is 0.970 bits per heavy atom. The van der Waals surface area contributed by atoms with Gasteiger partial charge in [-0.05, 0) is 36.8 Å². The van der Waals surface area contributed by atoms with Crippen molar-refractivity contribution in [2.45, 2.75) is 36.4 Å². The summed E-state index contributed by atoms with van der Waals surface area (Å²) in [4.78, 5) is 4.66. The average molecular weight is 496 g/mol. The summed E-state index contributed by atoms with van der Waals surface area (Å²) in [6.45, 7) is 5.78. The van der Waals surface area contributed by atoms with Crippen LogP contribution >= 0.6 is 23.1 Å². The van der Waals surface area contributed by atoms with E-state index in [-0.39, 0.29) is 5.25 Å². The van der Waals surface area contributed by atoms with Crippen LogP contribution in [0.5, 0.6) is 0 Å². The molecule has 0 saturated heterocycles. The number of aryl methyl sites for hydroxylation is 1. The monoisotopic (exact) mass is 495 g/mol. The Balaban J connectivity index is 1.75. The van der Waals surface area contributed by atoms with E-state index in [0.29, 0.717) is 33.2 Å². The first-order valence-corrected chi connectivity index (χ1v) is 11.6. The van der Waals surface area contributed by atoms with Crippen molar-refractivity contribution >= 4 is 23.1 Å². The van der Waals surface area contributed by atoms with Crippen LogP contribution in [0.3, 0.4) is 0 Å². The Kier molecular flexibility index (Phi) is 6.32. The van der Waals surface area contributed by atoms with Crippen LogP contribution in [0.1, 0.15) is 25.1 Å². The van der Waals surface area contributed by atoms with E-state index in [0.717, 1.165) is 28.5 Å². The van der Waals surface area contributed by atoms with E-state index < -0.39 is 23.4 Å².